The van der Waals surface area contributed by atoms with Crippen molar-refractivity contribution in [3.63, 3.8) is 0 Å². The minimum absolute atomic E-state index is 0.186. The van der Waals surface area contributed by atoms with Crippen LogP contribution in [0.4, 0.5) is 24.9 Å². The Morgan fingerprint density at radius 1 is 1.04 bits per heavy atom. The number of hydrogen-bond acceptors (Lipinski definition) is 8. The molecule has 2 aromatic heterocycles. The van der Waals surface area contributed by atoms with Crippen LogP contribution in [0, 0.1) is 11.8 Å². The maximum atomic E-state index is 13.3. The number of nitrogens with one attached hydrogen (secondary N) is 1. The Labute approximate surface area is 260 Å². The number of benzene rings is 2. The standard InChI is InChI=1S/C33H40F3N7O2/c1-20(2)17-42-15-6-5-8-24(42)19-43(18-21(3)4)32-39-26(22-11-13-23(14-12-22)33(34,35)36)16-28(40-32)45-27-10-7-9-25-29(27)41-30(37)31(44)38-25/h7,9-14,16,20-21,24H,5-6,8,15,17-19H2,1-4H3,(H2,37,41)(H,38,44). The summed E-state index contributed by atoms with van der Waals surface area (Å²) in [5, 5.41) is 0. The number of piperidine rings is 1. The van der Waals surface area contributed by atoms with Gasteiger partial charge in [0, 0.05) is 37.3 Å². The zero-order valence-electron chi connectivity index (χ0n) is 26.1. The Morgan fingerprint density at radius 2 is 1.80 bits per heavy atom. The monoisotopic (exact) mass is 623 g/mol. The van der Waals surface area contributed by atoms with E-state index >= 15 is 0 Å². The van der Waals surface area contributed by atoms with Crippen molar-refractivity contribution >= 4 is 22.8 Å². The van der Waals surface area contributed by atoms with Crippen LogP contribution in [0.3, 0.4) is 0 Å². The van der Waals surface area contributed by atoms with Gasteiger partial charge in [-0.25, -0.2) is 9.97 Å². The van der Waals surface area contributed by atoms with Crippen molar-refractivity contribution in [2.24, 2.45) is 11.8 Å². The lowest BCUT2D eigenvalue weighted by Crippen LogP contribution is -2.49. The summed E-state index contributed by atoms with van der Waals surface area (Å²) < 4.78 is 46.3. The number of H-pyrrole nitrogens is 1. The zero-order chi connectivity index (χ0) is 32.3. The highest BCUT2D eigenvalue weighted by Crippen LogP contribution is 2.34. The molecule has 1 unspecified atom stereocenters. The molecule has 0 bridgehead atoms. The number of nitrogens with zero attached hydrogens (tertiary/aromatic N) is 5. The number of fused-ring (bicyclic) bond motifs is 1. The van der Waals surface area contributed by atoms with Gasteiger partial charge in [0.25, 0.3) is 5.56 Å². The van der Waals surface area contributed by atoms with Crippen LogP contribution >= 0.6 is 0 Å². The Hall–Kier alpha value is -4.19. The molecule has 0 spiro atoms. The molecule has 1 aliphatic heterocycles. The predicted molar refractivity (Wildman–Crippen MR) is 170 cm³/mol. The van der Waals surface area contributed by atoms with E-state index in [4.69, 9.17) is 20.4 Å². The average molecular weight is 624 g/mol. The Balaban J connectivity index is 1.58. The summed E-state index contributed by atoms with van der Waals surface area (Å²) in [7, 11) is 0. The third-order valence-corrected chi connectivity index (χ3v) is 7.77. The summed E-state index contributed by atoms with van der Waals surface area (Å²) in [6, 6.07) is 11.9. The van der Waals surface area contributed by atoms with Gasteiger partial charge in [-0.05, 0) is 55.5 Å². The molecular weight excluding hydrogens is 583 g/mol. The molecule has 1 saturated heterocycles. The molecule has 12 heteroatoms. The molecule has 3 N–H and O–H groups in total. The van der Waals surface area contributed by atoms with Gasteiger partial charge in [-0.15, -0.1) is 0 Å². The van der Waals surface area contributed by atoms with Gasteiger partial charge < -0.3 is 20.4 Å². The van der Waals surface area contributed by atoms with Crippen LogP contribution in [-0.4, -0.2) is 57.1 Å². The first-order valence-corrected chi connectivity index (χ1v) is 15.4. The van der Waals surface area contributed by atoms with Gasteiger partial charge in [-0.2, -0.15) is 18.2 Å². The maximum Gasteiger partial charge on any atom is 0.416 e. The lowest BCUT2D eigenvalue weighted by Gasteiger charge is -2.40. The zero-order valence-corrected chi connectivity index (χ0v) is 26.1. The molecule has 45 heavy (non-hydrogen) atoms. The highest BCUT2D eigenvalue weighted by atomic mass is 19.4. The first kappa shape index (κ1) is 32.2. The first-order chi connectivity index (χ1) is 21.4. The van der Waals surface area contributed by atoms with Crippen LogP contribution in [0.1, 0.15) is 52.5 Å². The van der Waals surface area contributed by atoms with E-state index in [0.717, 1.165) is 38.1 Å². The van der Waals surface area contributed by atoms with Crippen LogP contribution in [0.2, 0.25) is 0 Å². The number of nitrogen functional groups attached to an aromatic ring is 1. The van der Waals surface area contributed by atoms with Gasteiger partial charge in [-0.1, -0.05) is 52.3 Å². The van der Waals surface area contributed by atoms with Gasteiger partial charge in [0.15, 0.2) is 11.6 Å². The van der Waals surface area contributed by atoms with E-state index in [1.807, 2.05) is 0 Å². The number of halogens is 3. The topological polar surface area (TPSA) is 113 Å². The van der Waals surface area contributed by atoms with Crippen LogP contribution in [-0.2, 0) is 6.18 Å². The van der Waals surface area contributed by atoms with Crippen LogP contribution < -0.4 is 20.9 Å². The fourth-order valence-electron chi connectivity index (χ4n) is 5.78. The number of aromatic amines is 1. The highest BCUT2D eigenvalue weighted by molar-refractivity contribution is 5.82. The molecule has 0 amide bonds. The van der Waals surface area contributed by atoms with Crippen molar-refractivity contribution in [1.82, 2.24) is 24.8 Å². The van der Waals surface area contributed by atoms with Gasteiger partial charge in [0.05, 0.1) is 16.8 Å². The number of alkyl halides is 3. The summed E-state index contributed by atoms with van der Waals surface area (Å²) in [5.41, 5.74) is 6.25. The Morgan fingerprint density at radius 3 is 2.49 bits per heavy atom. The number of likely N-dealkylation sites (tertiary alicyclic amines) is 1. The fourth-order valence-corrected chi connectivity index (χ4v) is 5.78. The quantitative estimate of drug-likeness (QED) is 0.200. The molecule has 2 aromatic carbocycles. The van der Waals surface area contributed by atoms with Crippen LogP contribution in [0.15, 0.2) is 53.3 Å². The number of anilines is 2. The first-order valence-electron chi connectivity index (χ1n) is 15.4. The highest BCUT2D eigenvalue weighted by Gasteiger charge is 2.30. The molecule has 3 heterocycles. The summed E-state index contributed by atoms with van der Waals surface area (Å²) in [6.45, 7) is 12.1. The van der Waals surface area contributed by atoms with Crippen molar-refractivity contribution in [2.75, 3.05) is 36.8 Å². The number of ether oxygens (including phenoxy) is 1. The van der Waals surface area contributed by atoms with Crippen molar-refractivity contribution in [1.29, 1.82) is 0 Å². The lowest BCUT2D eigenvalue weighted by atomic mass is 9.99. The molecule has 0 radical (unpaired) electrons. The normalized spacial score (nSPS) is 16.1. The second-order valence-electron chi connectivity index (χ2n) is 12.5. The molecule has 9 nitrogen and oxygen atoms in total. The van der Waals surface area contributed by atoms with E-state index in [-0.39, 0.29) is 17.6 Å². The van der Waals surface area contributed by atoms with E-state index in [1.54, 1.807) is 24.3 Å². The largest absolute Gasteiger partial charge is 0.436 e. The number of rotatable bonds is 10. The van der Waals surface area contributed by atoms with Crippen LogP contribution in [0.5, 0.6) is 11.6 Å². The van der Waals surface area contributed by atoms with Crippen molar-refractivity contribution in [3.8, 4) is 22.9 Å². The third kappa shape index (κ3) is 7.91. The summed E-state index contributed by atoms with van der Waals surface area (Å²) >= 11 is 0. The Kier molecular flexibility index (Phi) is 9.62. The van der Waals surface area contributed by atoms with Gasteiger partial charge in [0.1, 0.15) is 5.52 Å². The number of nitrogens with two attached hydrogens (primary N) is 1. The van der Waals surface area contributed by atoms with Gasteiger partial charge in [0.2, 0.25) is 11.8 Å². The van der Waals surface area contributed by atoms with Gasteiger partial charge in [-0.3, -0.25) is 9.69 Å². The molecule has 1 aliphatic rings. The second kappa shape index (κ2) is 13.4. The SMILES string of the molecule is CC(C)CN(CC1CCCCN1CC(C)C)c1nc(Oc2cccc3[nH]c(=O)c(N)nc23)cc(-c2ccc(C(F)(F)F)cc2)n1. The number of hydrogen-bond donors (Lipinski definition) is 2. The minimum Gasteiger partial charge on any atom is -0.436 e. The molecule has 0 saturated carbocycles. The smallest absolute Gasteiger partial charge is 0.416 e. The molecule has 240 valence electrons. The van der Waals surface area contributed by atoms with E-state index in [1.165, 1.54) is 18.6 Å². The summed E-state index contributed by atoms with van der Waals surface area (Å²) in [6.07, 6.45) is -1.08. The molecular formula is C33H40F3N7O2. The number of para-hydroxylation sites is 1. The molecule has 1 atom stereocenters. The molecule has 0 aliphatic carbocycles. The van der Waals surface area contributed by atoms with Crippen molar-refractivity contribution in [3.05, 3.63) is 64.4 Å². The molecule has 4 aromatic rings. The summed E-state index contributed by atoms with van der Waals surface area (Å²) in [5.74, 6) is 1.54. The minimum atomic E-state index is -4.45. The van der Waals surface area contributed by atoms with E-state index in [9.17, 15) is 18.0 Å². The van der Waals surface area contributed by atoms with Crippen LogP contribution in [0.25, 0.3) is 22.3 Å². The molecule has 5 rings (SSSR count). The molecule has 1 fully saturated rings. The van der Waals surface area contributed by atoms with Crippen molar-refractivity contribution < 1.29 is 17.9 Å². The Bertz CT molecular complexity index is 1670. The maximum absolute atomic E-state index is 13.3. The van der Waals surface area contributed by atoms with Gasteiger partial charge >= 0.3 is 6.18 Å². The van der Waals surface area contributed by atoms with Crippen molar-refractivity contribution in [2.45, 2.75) is 59.2 Å². The average Bonchev–Trinajstić information content (AvgIpc) is 2.98. The van der Waals surface area contributed by atoms with E-state index < -0.39 is 17.3 Å². The predicted octanol–water partition coefficient (Wildman–Crippen LogP) is 6.75. The fraction of sp³-hybridized carbons (Fsp3) is 0.455. The lowest BCUT2D eigenvalue weighted by molar-refractivity contribution is -0.137. The number of aromatic nitrogens is 4. The van der Waals surface area contributed by atoms with E-state index in [0.29, 0.717) is 59.0 Å². The van der Waals surface area contributed by atoms with E-state index in [2.05, 4.69) is 47.5 Å². The third-order valence-electron chi connectivity index (χ3n) is 7.77. The second-order valence-corrected chi connectivity index (χ2v) is 12.5. The summed E-state index contributed by atoms with van der Waals surface area (Å²) in [4.78, 5) is 33.4.